The van der Waals surface area contributed by atoms with Crippen LogP contribution in [-0.2, 0) is 13.0 Å². The molecular weight excluding hydrogens is 215 g/mol. The minimum absolute atomic E-state index is 0.152. The van der Waals surface area contributed by atoms with Gasteiger partial charge in [0, 0.05) is 23.6 Å². The summed E-state index contributed by atoms with van der Waals surface area (Å²) < 4.78 is 15.5. The number of fused-ring (bicyclic) bond motifs is 1. The van der Waals surface area contributed by atoms with Crippen molar-refractivity contribution >= 4 is 10.9 Å². The average molecular weight is 234 g/mol. The molecule has 2 aromatic rings. The topological polar surface area (TPSA) is 17.0 Å². The summed E-state index contributed by atoms with van der Waals surface area (Å²) >= 11 is 0. The van der Waals surface area contributed by atoms with Gasteiger partial charge in [0.25, 0.3) is 0 Å². The maximum Gasteiger partial charge on any atom is 0.123 e. The molecule has 2 nitrogen and oxygen atoms in total. The van der Waals surface area contributed by atoms with E-state index in [1.54, 1.807) is 6.07 Å². The van der Waals surface area contributed by atoms with Gasteiger partial charge in [-0.3, -0.25) is 0 Å². The van der Waals surface area contributed by atoms with Crippen molar-refractivity contribution in [2.45, 2.75) is 26.3 Å². The Morgan fingerprint density at radius 1 is 1.35 bits per heavy atom. The van der Waals surface area contributed by atoms with E-state index >= 15 is 0 Å². The first-order valence-corrected chi connectivity index (χ1v) is 6.18. The van der Waals surface area contributed by atoms with Crippen LogP contribution in [0.2, 0.25) is 0 Å². The summed E-state index contributed by atoms with van der Waals surface area (Å²) in [6.07, 6.45) is 4.23. The first-order valence-electron chi connectivity index (χ1n) is 6.18. The minimum atomic E-state index is -0.152. The molecule has 92 valence electrons. The maximum absolute atomic E-state index is 13.3. The molecule has 0 fully saturated rings. The maximum atomic E-state index is 13.3. The molecule has 0 aliphatic heterocycles. The smallest absolute Gasteiger partial charge is 0.123 e. The fraction of sp³-hybridized carbons (Fsp3) is 0.429. The Morgan fingerprint density at radius 2 is 2.18 bits per heavy atom. The summed E-state index contributed by atoms with van der Waals surface area (Å²) in [5.41, 5.74) is 2.38. The SMILES string of the molecule is CCn1cc(CCCNC)c2cc(F)ccc21. The molecule has 0 aliphatic carbocycles. The van der Waals surface area contributed by atoms with Gasteiger partial charge in [-0.05, 0) is 57.1 Å². The van der Waals surface area contributed by atoms with Crippen molar-refractivity contribution < 1.29 is 4.39 Å². The fourth-order valence-corrected chi connectivity index (χ4v) is 2.26. The highest BCUT2D eigenvalue weighted by atomic mass is 19.1. The lowest BCUT2D eigenvalue weighted by atomic mass is 10.1. The van der Waals surface area contributed by atoms with Crippen LogP contribution in [0, 0.1) is 5.82 Å². The molecule has 3 heteroatoms. The standard InChI is InChI=1S/C14H19FN2/c1-3-17-10-11(5-4-8-16-2)13-9-12(15)6-7-14(13)17/h6-7,9-10,16H,3-5,8H2,1-2H3. The van der Waals surface area contributed by atoms with Gasteiger partial charge in [-0.2, -0.15) is 0 Å². The fourth-order valence-electron chi connectivity index (χ4n) is 2.26. The number of nitrogens with one attached hydrogen (secondary N) is 1. The highest BCUT2D eigenvalue weighted by Crippen LogP contribution is 2.23. The number of rotatable bonds is 5. The zero-order valence-electron chi connectivity index (χ0n) is 10.5. The van der Waals surface area contributed by atoms with E-state index in [9.17, 15) is 4.39 Å². The zero-order valence-corrected chi connectivity index (χ0v) is 10.5. The van der Waals surface area contributed by atoms with Crippen molar-refractivity contribution in [1.82, 2.24) is 9.88 Å². The van der Waals surface area contributed by atoms with Crippen LogP contribution >= 0.6 is 0 Å². The van der Waals surface area contributed by atoms with Crippen LogP contribution in [0.4, 0.5) is 4.39 Å². The predicted octanol–water partition coefficient (Wildman–Crippen LogP) is 2.95. The van der Waals surface area contributed by atoms with Crippen molar-refractivity contribution in [2.75, 3.05) is 13.6 Å². The van der Waals surface area contributed by atoms with E-state index in [0.717, 1.165) is 36.8 Å². The summed E-state index contributed by atoms with van der Waals surface area (Å²) in [5, 5.41) is 4.20. The molecule has 17 heavy (non-hydrogen) atoms. The van der Waals surface area contributed by atoms with Gasteiger partial charge in [-0.15, -0.1) is 0 Å². The van der Waals surface area contributed by atoms with E-state index in [4.69, 9.17) is 0 Å². The molecule has 1 aromatic heterocycles. The van der Waals surface area contributed by atoms with Crippen LogP contribution in [0.5, 0.6) is 0 Å². The van der Waals surface area contributed by atoms with Gasteiger partial charge in [0.2, 0.25) is 0 Å². The van der Waals surface area contributed by atoms with Crippen molar-refractivity contribution in [1.29, 1.82) is 0 Å². The van der Waals surface area contributed by atoms with Gasteiger partial charge in [0.1, 0.15) is 5.82 Å². The lowest BCUT2D eigenvalue weighted by Gasteiger charge is -1.99. The molecular formula is C14H19FN2. The quantitative estimate of drug-likeness (QED) is 0.787. The Labute approximate surface area is 101 Å². The number of hydrogen-bond acceptors (Lipinski definition) is 1. The first kappa shape index (κ1) is 12.1. The molecule has 0 amide bonds. The molecule has 0 saturated carbocycles. The zero-order chi connectivity index (χ0) is 12.3. The number of aromatic nitrogens is 1. The molecule has 0 unspecified atom stereocenters. The number of halogens is 1. The van der Waals surface area contributed by atoms with Gasteiger partial charge in [-0.25, -0.2) is 4.39 Å². The molecule has 0 atom stereocenters. The number of benzene rings is 1. The number of nitrogens with zero attached hydrogens (tertiary/aromatic N) is 1. The highest BCUT2D eigenvalue weighted by molar-refractivity contribution is 5.84. The molecule has 0 saturated heterocycles. The summed E-state index contributed by atoms with van der Waals surface area (Å²) in [6, 6.07) is 5.05. The van der Waals surface area contributed by atoms with E-state index in [1.807, 2.05) is 13.1 Å². The van der Waals surface area contributed by atoms with Crippen molar-refractivity contribution in [3.05, 3.63) is 35.8 Å². The number of aryl methyl sites for hydroxylation is 2. The minimum Gasteiger partial charge on any atom is -0.347 e. The van der Waals surface area contributed by atoms with Crippen molar-refractivity contribution in [3.63, 3.8) is 0 Å². The molecule has 2 rings (SSSR count). The van der Waals surface area contributed by atoms with Crippen LogP contribution in [0.3, 0.4) is 0 Å². The Hall–Kier alpha value is -1.35. The van der Waals surface area contributed by atoms with Gasteiger partial charge < -0.3 is 9.88 Å². The summed E-state index contributed by atoms with van der Waals surface area (Å²) in [7, 11) is 1.95. The Morgan fingerprint density at radius 3 is 2.88 bits per heavy atom. The van der Waals surface area contributed by atoms with Gasteiger partial charge in [-0.1, -0.05) is 0 Å². The van der Waals surface area contributed by atoms with E-state index in [1.165, 1.54) is 11.6 Å². The predicted molar refractivity (Wildman–Crippen MR) is 69.8 cm³/mol. The third-order valence-electron chi connectivity index (χ3n) is 3.14. The van der Waals surface area contributed by atoms with Crippen LogP contribution in [0.25, 0.3) is 10.9 Å². The Kier molecular flexibility index (Phi) is 3.79. The largest absolute Gasteiger partial charge is 0.347 e. The lowest BCUT2D eigenvalue weighted by Crippen LogP contribution is -2.08. The second-order valence-electron chi connectivity index (χ2n) is 4.31. The van der Waals surface area contributed by atoms with Crippen LogP contribution in [0.1, 0.15) is 18.9 Å². The normalized spacial score (nSPS) is 11.2. The highest BCUT2D eigenvalue weighted by Gasteiger charge is 2.08. The second-order valence-corrected chi connectivity index (χ2v) is 4.31. The second kappa shape index (κ2) is 5.32. The molecule has 0 bridgehead atoms. The van der Waals surface area contributed by atoms with Gasteiger partial charge in [0.15, 0.2) is 0 Å². The van der Waals surface area contributed by atoms with Crippen LogP contribution in [-0.4, -0.2) is 18.2 Å². The summed E-state index contributed by atoms with van der Waals surface area (Å²) in [6.45, 7) is 4.03. The van der Waals surface area contributed by atoms with E-state index in [-0.39, 0.29) is 5.82 Å². The molecule has 1 heterocycles. The average Bonchev–Trinajstić information content (AvgIpc) is 2.67. The van der Waals surface area contributed by atoms with E-state index in [2.05, 4.69) is 23.0 Å². The van der Waals surface area contributed by atoms with E-state index < -0.39 is 0 Å². The van der Waals surface area contributed by atoms with Crippen molar-refractivity contribution in [2.24, 2.45) is 0 Å². The van der Waals surface area contributed by atoms with E-state index in [0.29, 0.717) is 0 Å². The summed E-state index contributed by atoms with van der Waals surface area (Å²) in [4.78, 5) is 0. The molecule has 1 aromatic carbocycles. The van der Waals surface area contributed by atoms with Crippen molar-refractivity contribution in [3.8, 4) is 0 Å². The molecule has 0 aliphatic rings. The molecule has 1 N–H and O–H groups in total. The third kappa shape index (κ3) is 2.50. The lowest BCUT2D eigenvalue weighted by molar-refractivity contribution is 0.629. The molecule has 0 radical (unpaired) electrons. The van der Waals surface area contributed by atoms with Crippen LogP contribution < -0.4 is 5.32 Å². The molecule has 0 spiro atoms. The van der Waals surface area contributed by atoms with Crippen LogP contribution in [0.15, 0.2) is 24.4 Å². The Bertz CT molecular complexity index is 502. The Balaban J connectivity index is 2.36. The monoisotopic (exact) mass is 234 g/mol. The van der Waals surface area contributed by atoms with Gasteiger partial charge in [0.05, 0.1) is 0 Å². The summed E-state index contributed by atoms with van der Waals surface area (Å²) in [5.74, 6) is -0.152. The number of hydrogen-bond donors (Lipinski definition) is 1. The first-order chi connectivity index (χ1) is 8.26. The third-order valence-corrected chi connectivity index (χ3v) is 3.14. The van der Waals surface area contributed by atoms with Gasteiger partial charge >= 0.3 is 0 Å².